The van der Waals surface area contributed by atoms with E-state index in [1.54, 1.807) is 6.92 Å². The van der Waals surface area contributed by atoms with E-state index in [2.05, 4.69) is 10.6 Å². The van der Waals surface area contributed by atoms with Crippen LogP contribution in [0.5, 0.6) is 0 Å². The number of nitrogens with one attached hydrogen (secondary N) is 2. The molecule has 0 bridgehead atoms. The number of carboxylic acid groups (broad SMARTS) is 1. The first-order valence-corrected chi connectivity index (χ1v) is 6.04. The van der Waals surface area contributed by atoms with Crippen LogP contribution in [0.15, 0.2) is 18.2 Å². The average Bonchev–Trinajstić information content (AvgIpc) is 2.25. The molecule has 0 saturated carbocycles. The topological polar surface area (TPSA) is 78.4 Å². The lowest BCUT2D eigenvalue weighted by Crippen LogP contribution is -2.48. The molecule has 1 fully saturated rings. The van der Waals surface area contributed by atoms with Crippen LogP contribution >= 0.6 is 0 Å². The quantitative estimate of drug-likeness (QED) is 0.768. The number of halogens is 1. The molecule has 1 unspecified atom stereocenters. The van der Waals surface area contributed by atoms with Gasteiger partial charge in [-0.3, -0.25) is 4.79 Å². The second-order valence-corrected chi connectivity index (χ2v) is 4.66. The first-order valence-electron chi connectivity index (χ1n) is 6.04. The fraction of sp³-hybridized carbons (Fsp3) is 0.385. The number of benzene rings is 1. The SMILES string of the molecule is CC(C(=O)Nc1cccc(F)c1C(=O)O)C1CNC1. The van der Waals surface area contributed by atoms with Crippen molar-refractivity contribution in [1.29, 1.82) is 0 Å². The molecule has 5 nitrogen and oxygen atoms in total. The summed E-state index contributed by atoms with van der Waals surface area (Å²) in [6, 6.07) is 3.81. The molecule has 102 valence electrons. The van der Waals surface area contributed by atoms with Gasteiger partial charge in [0.25, 0.3) is 0 Å². The minimum absolute atomic E-state index is 0.00312. The summed E-state index contributed by atoms with van der Waals surface area (Å²) in [6.45, 7) is 3.31. The zero-order valence-corrected chi connectivity index (χ0v) is 10.4. The maximum absolute atomic E-state index is 13.4. The molecule has 2 rings (SSSR count). The third kappa shape index (κ3) is 2.73. The molecule has 3 N–H and O–H groups in total. The number of carboxylic acids is 1. The number of amides is 1. The van der Waals surface area contributed by atoms with Gasteiger partial charge in [0, 0.05) is 5.92 Å². The van der Waals surface area contributed by atoms with Gasteiger partial charge in [0.05, 0.1) is 5.69 Å². The number of carbonyl (C=O) groups is 2. The van der Waals surface area contributed by atoms with Crippen LogP contribution in [0.2, 0.25) is 0 Å². The number of carbonyl (C=O) groups excluding carboxylic acids is 1. The van der Waals surface area contributed by atoms with Crippen LogP contribution in [0, 0.1) is 17.7 Å². The second kappa shape index (κ2) is 5.36. The van der Waals surface area contributed by atoms with Crippen molar-refractivity contribution in [1.82, 2.24) is 5.32 Å². The molecule has 1 aromatic rings. The Kier molecular flexibility index (Phi) is 3.80. The molecule has 0 spiro atoms. The van der Waals surface area contributed by atoms with Crippen LogP contribution < -0.4 is 10.6 Å². The molecule has 1 aromatic carbocycles. The highest BCUT2D eigenvalue weighted by Crippen LogP contribution is 2.22. The molecule has 1 amide bonds. The van der Waals surface area contributed by atoms with Crippen molar-refractivity contribution in [3.8, 4) is 0 Å². The number of anilines is 1. The van der Waals surface area contributed by atoms with Crippen LogP contribution in [0.1, 0.15) is 17.3 Å². The predicted molar refractivity (Wildman–Crippen MR) is 67.5 cm³/mol. The Morgan fingerprint density at radius 1 is 1.47 bits per heavy atom. The first-order chi connectivity index (χ1) is 9.00. The van der Waals surface area contributed by atoms with E-state index >= 15 is 0 Å². The predicted octanol–water partition coefficient (Wildman–Crippen LogP) is 1.32. The Hall–Kier alpha value is -1.95. The third-order valence-electron chi connectivity index (χ3n) is 3.42. The number of hydrogen-bond acceptors (Lipinski definition) is 3. The van der Waals surface area contributed by atoms with Gasteiger partial charge in [-0.1, -0.05) is 13.0 Å². The Balaban J connectivity index is 2.16. The lowest BCUT2D eigenvalue weighted by Gasteiger charge is -2.31. The van der Waals surface area contributed by atoms with Crippen LogP contribution in [-0.4, -0.2) is 30.1 Å². The number of hydrogen-bond donors (Lipinski definition) is 3. The summed E-state index contributed by atoms with van der Waals surface area (Å²) in [4.78, 5) is 23.0. The van der Waals surface area contributed by atoms with Crippen molar-refractivity contribution in [3.63, 3.8) is 0 Å². The van der Waals surface area contributed by atoms with Crippen molar-refractivity contribution >= 4 is 17.6 Å². The molecule has 19 heavy (non-hydrogen) atoms. The van der Waals surface area contributed by atoms with E-state index in [9.17, 15) is 14.0 Å². The summed E-state index contributed by atoms with van der Waals surface area (Å²) in [7, 11) is 0. The summed E-state index contributed by atoms with van der Waals surface area (Å²) >= 11 is 0. The standard InChI is InChI=1S/C13H15FN2O3/c1-7(8-5-15-6-8)12(17)16-10-4-2-3-9(14)11(10)13(18)19/h2-4,7-8,15H,5-6H2,1H3,(H,16,17)(H,18,19). The molecule has 1 atom stereocenters. The van der Waals surface area contributed by atoms with Crippen molar-refractivity contribution in [2.75, 3.05) is 18.4 Å². The third-order valence-corrected chi connectivity index (χ3v) is 3.42. The minimum atomic E-state index is -1.40. The molecule has 6 heteroatoms. The molecule has 1 aliphatic heterocycles. The fourth-order valence-electron chi connectivity index (χ4n) is 1.97. The summed E-state index contributed by atoms with van der Waals surface area (Å²) in [6.07, 6.45) is 0. The van der Waals surface area contributed by atoms with E-state index < -0.39 is 17.3 Å². The average molecular weight is 266 g/mol. The van der Waals surface area contributed by atoms with E-state index in [4.69, 9.17) is 5.11 Å². The lowest BCUT2D eigenvalue weighted by atomic mass is 9.88. The van der Waals surface area contributed by atoms with Gasteiger partial charge in [-0.05, 0) is 31.1 Å². The number of aromatic carboxylic acids is 1. The molecular formula is C13H15FN2O3. The Morgan fingerprint density at radius 2 is 2.16 bits per heavy atom. The van der Waals surface area contributed by atoms with Gasteiger partial charge < -0.3 is 15.7 Å². The highest BCUT2D eigenvalue weighted by atomic mass is 19.1. The maximum Gasteiger partial charge on any atom is 0.340 e. The van der Waals surface area contributed by atoms with E-state index in [-0.39, 0.29) is 23.4 Å². The second-order valence-electron chi connectivity index (χ2n) is 4.66. The normalized spacial score (nSPS) is 16.5. The Bertz CT molecular complexity index is 515. The molecule has 0 radical (unpaired) electrons. The van der Waals surface area contributed by atoms with Gasteiger partial charge in [-0.15, -0.1) is 0 Å². The van der Waals surface area contributed by atoms with Crippen LogP contribution in [0.4, 0.5) is 10.1 Å². The maximum atomic E-state index is 13.4. The van der Waals surface area contributed by atoms with Gasteiger partial charge in [-0.2, -0.15) is 0 Å². The molecule has 0 aromatic heterocycles. The number of rotatable bonds is 4. The highest BCUT2D eigenvalue weighted by molar-refractivity contribution is 6.01. The van der Waals surface area contributed by atoms with E-state index in [0.29, 0.717) is 0 Å². The molecule has 1 heterocycles. The van der Waals surface area contributed by atoms with E-state index in [1.165, 1.54) is 12.1 Å². The Morgan fingerprint density at radius 3 is 2.68 bits per heavy atom. The van der Waals surface area contributed by atoms with E-state index in [1.807, 2.05) is 0 Å². The summed E-state index contributed by atoms with van der Waals surface area (Å²) in [5, 5.41) is 14.5. The van der Waals surface area contributed by atoms with Gasteiger partial charge in [0.1, 0.15) is 11.4 Å². The smallest absolute Gasteiger partial charge is 0.340 e. The lowest BCUT2D eigenvalue weighted by molar-refractivity contribution is -0.121. The Labute approximate surface area is 109 Å². The van der Waals surface area contributed by atoms with Gasteiger partial charge in [0.2, 0.25) is 5.91 Å². The van der Waals surface area contributed by atoms with Crippen molar-refractivity contribution in [3.05, 3.63) is 29.6 Å². The summed E-state index contributed by atoms with van der Waals surface area (Å²) in [5.74, 6) is -2.55. The van der Waals surface area contributed by atoms with Crippen molar-refractivity contribution in [2.24, 2.45) is 11.8 Å². The molecule has 1 saturated heterocycles. The molecular weight excluding hydrogens is 251 g/mol. The summed E-state index contributed by atoms with van der Waals surface area (Å²) in [5.41, 5.74) is -0.508. The van der Waals surface area contributed by atoms with Gasteiger partial charge in [-0.25, -0.2) is 9.18 Å². The van der Waals surface area contributed by atoms with Crippen molar-refractivity contribution in [2.45, 2.75) is 6.92 Å². The van der Waals surface area contributed by atoms with Crippen LogP contribution in [0.25, 0.3) is 0 Å². The minimum Gasteiger partial charge on any atom is -0.478 e. The van der Waals surface area contributed by atoms with Crippen LogP contribution in [0.3, 0.4) is 0 Å². The zero-order valence-electron chi connectivity index (χ0n) is 10.4. The molecule has 1 aliphatic rings. The van der Waals surface area contributed by atoms with Gasteiger partial charge >= 0.3 is 5.97 Å². The summed E-state index contributed by atoms with van der Waals surface area (Å²) < 4.78 is 13.4. The fourth-order valence-corrected chi connectivity index (χ4v) is 1.97. The van der Waals surface area contributed by atoms with Crippen molar-refractivity contribution < 1.29 is 19.1 Å². The zero-order chi connectivity index (χ0) is 14.0. The van der Waals surface area contributed by atoms with E-state index in [0.717, 1.165) is 19.2 Å². The first kappa shape index (κ1) is 13.5. The largest absolute Gasteiger partial charge is 0.478 e. The highest BCUT2D eigenvalue weighted by Gasteiger charge is 2.29. The monoisotopic (exact) mass is 266 g/mol. The van der Waals surface area contributed by atoms with Crippen LogP contribution in [-0.2, 0) is 4.79 Å². The molecule has 0 aliphatic carbocycles. The van der Waals surface area contributed by atoms with Gasteiger partial charge in [0.15, 0.2) is 0 Å².